The van der Waals surface area contributed by atoms with E-state index in [1.807, 2.05) is 49.4 Å². The molecule has 0 aliphatic carbocycles. The molecule has 2 rings (SSSR count). The van der Waals surface area contributed by atoms with Crippen molar-refractivity contribution in [1.29, 1.82) is 0 Å². The maximum absolute atomic E-state index is 12.2. The Hall–Kier alpha value is -2.69. The molecule has 134 valence electrons. The van der Waals surface area contributed by atoms with E-state index in [0.717, 1.165) is 24.2 Å². The number of rotatable bonds is 8. The van der Waals surface area contributed by atoms with Crippen molar-refractivity contribution in [2.24, 2.45) is 0 Å². The summed E-state index contributed by atoms with van der Waals surface area (Å²) in [7, 11) is 1.76. The van der Waals surface area contributed by atoms with Crippen LogP contribution < -0.4 is 10.1 Å². The van der Waals surface area contributed by atoms with Gasteiger partial charge in [-0.3, -0.25) is 0 Å². The maximum Gasteiger partial charge on any atom is 0.317 e. The fourth-order valence-electron chi connectivity index (χ4n) is 2.36. The van der Waals surface area contributed by atoms with Gasteiger partial charge in [0.05, 0.1) is 6.54 Å². The van der Waals surface area contributed by atoms with Gasteiger partial charge >= 0.3 is 6.03 Å². The number of benzene rings is 2. The second kappa shape index (κ2) is 9.57. The molecule has 1 unspecified atom stereocenters. The molecule has 0 aliphatic heterocycles. The van der Waals surface area contributed by atoms with Gasteiger partial charge in [-0.1, -0.05) is 30.3 Å². The number of hydrogen-bond donors (Lipinski definition) is 2. The van der Waals surface area contributed by atoms with Crippen LogP contribution in [0.15, 0.2) is 54.6 Å². The number of nitrogens with zero attached hydrogens (tertiary/aromatic N) is 1. The lowest BCUT2D eigenvalue weighted by Gasteiger charge is -2.21. The lowest BCUT2D eigenvalue weighted by molar-refractivity contribution is 0.192. The summed E-state index contributed by atoms with van der Waals surface area (Å²) in [5, 5.41) is 12.3. The number of phenolic OH excluding ortho intramolecular Hbond substituents is 1. The van der Waals surface area contributed by atoms with Crippen LogP contribution in [0, 0.1) is 0 Å². The van der Waals surface area contributed by atoms with E-state index in [-0.39, 0.29) is 17.8 Å². The molecule has 0 saturated heterocycles. The van der Waals surface area contributed by atoms with E-state index >= 15 is 0 Å². The molecule has 0 heterocycles. The van der Waals surface area contributed by atoms with Gasteiger partial charge in [-0.15, -0.1) is 0 Å². The summed E-state index contributed by atoms with van der Waals surface area (Å²) in [6.45, 7) is 2.97. The molecule has 0 radical (unpaired) electrons. The molecule has 2 aromatic carbocycles. The largest absolute Gasteiger partial charge is 0.508 e. The van der Waals surface area contributed by atoms with E-state index < -0.39 is 0 Å². The second-order valence-electron chi connectivity index (χ2n) is 6.14. The van der Waals surface area contributed by atoms with Crippen molar-refractivity contribution in [2.45, 2.75) is 25.8 Å². The van der Waals surface area contributed by atoms with Crippen LogP contribution in [-0.4, -0.2) is 42.3 Å². The molecule has 2 amide bonds. The molecule has 5 heteroatoms. The Bertz CT molecular complexity index is 644. The number of carbonyl (C=O) groups excluding carboxylic acids is 1. The zero-order chi connectivity index (χ0) is 18.1. The number of nitrogens with one attached hydrogen (secondary N) is 1. The average molecular weight is 342 g/mol. The number of aromatic hydroxyl groups is 1. The number of amides is 2. The van der Waals surface area contributed by atoms with E-state index in [2.05, 4.69) is 5.32 Å². The molecule has 2 aromatic rings. The first-order chi connectivity index (χ1) is 12.0. The lowest BCUT2D eigenvalue weighted by atomic mass is 10.1. The number of para-hydroxylation sites is 1. The first kappa shape index (κ1) is 18.6. The van der Waals surface area contributed by atoms with Gasteiger partial charge in [0.15, 0.2) is 0 Å². The number of carbonyl (C=O) groups is 1. The van der Waals surface area contributed by atoms with Gasteiger partial charge < -0.3 is 20.1 Å². The number of phenols is 1. The summed E-state index contributed by atoms with van der Waals surface area (Å²) in [6, 6.07) is 16.7. The third kappa shape index (κ3) is 6.75. The molecule has 5 nitrogen and oxygen atoms in total. The number of hydrogen-bond acceptors (Lipinski definition) is 3. The van der Waals surface area contributed by atoms with Crippen LogP contribution in [0.2, 0.25) is 0 Å². The third-order valence-electron chi connectivity index (χ3n) is 3.96. The quantitative estimate of drug-likeness (QED) is 0.772. The normalized spacial score (nSPS) is 11.6. The fraction of sp³-hybridized carbons (Fsp3) is 0.350. The minimum atomic E-state index is -0.102. The molecule has 2 N–H and O–H groups in total. The Morgan fingerprint density at radius 1 is 1.16 bits per heavy atom. The first-order valence-corrected chi connectivity index (χ1v) is 8.52. The molecule has 25 heavy (non-hydrogen) atoms. The molecule has 0 saturated carbocycles. The van der Waals surface area contributed by atoms with Gasteiger partial charge in [0, 0.05) is 13.1 Å². The topological polar surface area (TPSA) is 61.8 Å². The lowest BCUT2D eigenvalue weighted by Crippen LogP contribution is -2.43. The van der Waals surface area contributed by atoms with Crippen molar-refractivity contribution >= 4 is 6.03 Å². The predicted molar refractivity (Wildman–Crippen MR) is 99.0 cm³/mol. The number of likely N-dealkylation sites (N-methyl/N-ethyl adjacent to an activating group) is 1. The highest BCUT2D eigenvalue weighted by molar-refractivity contribution is 5.74. The van der Waals surface area contributed by atoms with Gasteiger partial charge in [0.25, 0.3) is 0 Å². The van der Waals surface area contributed by atoms with Crippen LogP contribution in [-0.2, 0) is 6.42 Å². The van der Waals surface area contributed by atoms with E-state index in [1.165, 1.54) is 0 Å². The Morgan fingerprint density at radius 2 is 1.84 bits per heavy atom. The standard InChI is InChI=1S/C20H26N2O3/c1-16(8-9-17-10-12-18(23)13-11-17)21-20(24)22(2)14-15-25-19-6-4-3-5-7-19/h3-7,10-13,16,23H,8-9,14-15H2,1-2H3,(H,21,24). The fourth-order valence-corrected chi connectivity index (χ4v) is 2.36. The number of urea groups is 1. The summed E-state index contributed by atoms with van der Waals surface area (Å²) in [5.74, 6) is 1.07. The van der Waals surface area contributed by atoms with Crippen LogP contribution in [0.3, 0.4) is 0 Å². The van der Waals surface area contributed by atoms with Gasteiger partial charge in [-0.05, 0) is 49.6 Å². The Labute approximate surface area is 149 Å². The number of aryl methyl sites for hydroxylation is 1. The van der Waals surface area contributed by atoms with Crippen LogP contribution in [0.25, 0.3) is 0 Å². The summed E-state index contributed by atoms with van der Waals surface area (Å²) < 4.78 is 5.60. The van der Waals surface area contributed by atoms with E-state index in [1.54, 1.807) is 24.1 Å². The van der Waals surface area contributed by atoms with Gasteiger partial charge in [-0.25, -0.2) is 4.79 Å². The van der Waals surface area contributed by atoms with Crippen molar-refractivity contribution < 1.29 is 14.6 Å². The van der Waals surface area contributed by atoms with Gasteiger partial charge in [0.2, 0.25) is 0 Å². The molecular formula is C20H26N2O3. The predicted octanol–water partition coefficient (Wildman–Crippen LogP) is 3.43. The third-order valence-corrected chi connectivity index (χ3v) is 3.96. The van der Waals surface area contributed by atoms with Crippen LogP contribution in [0.5, 0.6) is 11.5 Å². The van der Waals surface area contributed by atoms with Crippen LogP contribution >= 0.6 is 0 Å². The summed E-state index contributed by atoms with van der Waals surface area (Å²) in [5.41, 5.74) is 1.14. The molecule has 0 aliphatic rings. The Kier molecular flexibility index (Phi) is 7.14. The molecule has 0 bridgehead atoms. The van der Waals surface area contributed by atoms with E-state index in [0.29, 0.717) is 13.2 Å². The first-order valence-electron chi connectivity index (χ1n) is 8.52. The Balaban J connectivity index is 1.66. The van der Waals surface area contributed by atoms with Crippen molar-refractivity contribution in [3.05, 3.63) is 60.2 Å². The van der Waals surface area contributed by atoms with E-state index in [4.69, 9.17) is 4.74 Å². The zero-order valence-corrected chi connectivity index (χ0v) is 14.8. The molecule has 0 aromatic heterocycles. The zero-order valence-electron chi connectivity index (χ0n) is 14.8. The summed E-state index contributed by atoms with van der Waals surface area (Å²) >= 11 is 0. The van der Waals surface area contributed by atoms with Crippen LogP contribution in [0.4, 0.5) is 4.79 Å². The molecule has 1 atom stereocenters. The highest BCUT2D eigenvalue weighted by Gasteiger charge is 2.12. The molecule has 0 fully saturated rings. The minimum Gasteiger partial charge on any atom is -0.508 e. The molecular weight excluding hydrogens is 316 g/mol. The van der Waals surface area contributed by atoms with Crippen molar-refractivity contribution in [1.82, 2.24) is 10.2 Å². The summed E-state index contributed by atoms with van der Waals surface area (Å²) in [6.07, 6.45) is 1.69. The average Bonchev–Trinajstić information content (AvgIpc) is 2.62. The SMILES string of the molecule is CC(CCc1ccc(O)cc1)NC(=O)N(C)CCOc1ccccc1. The monoisotopic (exact) mass is 342 g/mol. The van der Waals surface area contributed by atoms with Gasteiger partial charge in [-0.2, -0.15) is 0 Å². The molecule has 0 spiro atoms. The minimum absolute atomic E-state index is 0.0683. The van der Waals surface area contributed by atoms with E-state index in [9.17, 15) is 9.90 Å². The second-order valence-corrected chi connectivity index (χ2v) is 6.14. The van der Waals surface area contributed by atoms with Gasteiger partial charge in [0.1, 0.15) is 18.1 Å². The number of ether oxygens (including phenoxy) is 1. The van der Waals surface area contributed by atoms with Crippen LogP contribution in [0.1, 0.15) is 18.9 Å². The smallest absolute Gasteiger partial charge is 0.317 e. The highest BCUT2D eigenvalue weighted by atomic mass is 16.5. The highest BCUT2D eigenvalue weighted by Crippen LogP contribution is 2.12. The van der Waals surface area contributed by atoms with Crippen molar-refractivity contribution in [3.63, 3.8) is 0 Å². The maximum atomic E-state index is 12.2. The summed E-state index contributed by atoms with van der Waals surface area (Å²) in [4.78, 5) is 13.8. The van der Waals surface area contributed by atoms with Crippen molar-refractivity contribution in [3.8, 4) is 11.5 Å². The van der Waals surface area contributed by atoms with Crippen molar-refractivity contribution in [2.75, 3.05) is 20.2 Å². The Morgan fingerprint density at radius 3 is 2.52 bits per heavy atom.